The molecular formula is C20H15Cl2F3N6O4S. The van der Waals surface area contributed by atoms with Crippen molar-refractivity contribution in [2.24, 2.45) is 0 Å². The number of aryl methyl sites for hydroxylation is 1. The molecule has 190 valence electrons. The molecule has 0 aliphatic carbocycles. The smallest absolute Gasteiger partial charge is 0.447 e. The number of nitrogens with one attached hydrogen (secondary N) is 3. The van der Waals surface area contributed by atoms with E-state index in [1.54, 1.807) is 0 Å². The molecule has 3 N–H and O–H groups in total. The van der Waals surface area contributed by atoms with Crippen molar-refractivity contribution in [1.29, 1.82) is 0 Å². The van der Waals surface area contributed by atoms with Gasteiger partial charge >= 0.3 is 11.6 Å². The Kier molecular flexibility index (Phi) is 8.32. The summed E-state index contributed by atoms with van der Waals surface area (Å²) in [5.74, 6) is -1.89. The number of pyridine rings is 1. The number of thioether (sulfide) groups is 1. The third kappa shape index (κ3) is 6.59. The SMILES string of the molecule is COC(=O)NNC(=O)c1cc(Cl)cc(C)c1NC(=O)c1cc(SC(F)(F)F)nn1-c1ncccc1Cl. The van der Waals surface area contributed by atoms with Crippen LogP contribution >= 0.6 is 35.0 Å². The van der Waals surface area contributed by atoms with E-state index in [1.165, 1.54) is 37.4 Å². The Hall–Kier alpha value is -3.49. The first kappa shape index (κ1) is 27.1. The first-order valence-corrected chi connectivity index (χ1v) is 11.2. The van der Waals surface area contributed by atoms with Crippen molar-refractivity contribution >= 4 is 58.6 Å². The molecule has 0 spiro atoms. The Labute approximate surface area is 215 Å². The molecule has 0 fully saturated rings. The maximum Gasteiger partial charge on any atom is 0.447 e. The van der Waals surface area contributed by atoms with E-state index in [-0.39, 0.29) is 32.8 Å². The van der Waals surface area contributed by atoms with E-state index < -0.39 is 40.2 Å². The highest BCUT2D eigenvalue weighted by atomic mass is 35.5. The molecule has 0 aliphatic heterocycles. The van der Waals surface area contributed by atoms with Crippen LogP contribution in [-0.2, 0) is 4.74 Å². The van der Waals surface area contributed by atoms with E-state index >= 15 is 0 Å². The summed E-state index contributed by atoms with van der Waals surface area (Å²) in [6.07, 6.45) is 0.361. The van der Waals surface area contributed by atoms with Crippen LogP contribution < -0.4 is 16.2 Å². The summed E-state index contributed by atoms with van der Waals surface area (Å²) in [6.45, 7) is 1.53. The van der Waals surface area contributed by atoms with Crippen molar-refractivity contribution in [3.63, 3.8) is 0 Å². The zero-order chi connectivity index (χ0) is 26.6. The van der Waals surface area contributed by atoms with E-state index in [0.29, 0.717) is 5.56 Å². The molecule has 10 nitrogen and oxygen atoms in total. The van der Waals surface area contributed by atoms with Gasteiger partial charge < -0.3 is 10.1 Å². The van der Waals surface area contributed by atoms with Gasteiger partial charge in [0, 0.05) is 29.0 Å². The van der Waals surface area contributed by atoms with Crippen LogP contribution in [0.5, 0.6) is 0 Å². The highest BCUT2D eigenvalue weighted by Gasteiger charge is 2.32. The number of hydrazine groups is 1. The lowest BCUT2D eigenvalue weighted by Gasteiger charge is -2.15. The molecule has 2 aromatic heterocycles. The first-order valence-electron chi connectivity index (χ1n) is 9.62. The van der Waals surface area contributed by atoms with Crippen molar-refractivity contribution in [3.05, 3.63) is 63.4 Å². The third-order valence-corrected chi connectivity index (χ3v) is 5.48. The molecule has 36 heavy (non-hydrogen) atoms. The highest BCUT2D eigenvalue weighted by Crippen LogP contribution is 2.37. The fourth-order valence-electron chi connectivity index (χ4n) is 2.88. The van der Waals surface area contributed by atoms with Crippen LogP contribution in [0.2, 0.25) is 10.0 Å². The van der Waals surface area contributed by atoms with Gasteiger partial charge in [-0.05, 0) is 36.8 Å². The van der Waals surface area contributed by atoms with Gasteiger partial charge in [0.05, 0.1) is 23.4 Å². The summed E-state index contributed by atoms with van der Waals surface area (Å²) >= 11 is 11.6. The summed E-state index contributed by atoms with van der Waals surface area (Å²) in [7, 11) is 1.08. The second kappa shape index (κ2) is 11.1. The first-order chi connectivity index (χ1) is 16.9. The second-order valence-electron chi connectivity index (χ2n) is 6.81. The van der Waals surface area contributed by atoms with E-state index in [1.807, 2.05) is 5.43 Å². The maximum absolute atomic E-state index is 13.2. The summed E-state index contributed by atoms with van der Waals surface area (Å²) in [5.41, 5.74) is -0.807. The number of carbonyl (C=O) groups is 3. The largest absolute Gasteiger partial charge is 0.452 e. The highest BCUT2D eigenvalue weighted by molar-refractivity contribution is 8.00. The summed E-state index contributed by atoms with van der Waals surface area (Å²) in [4.78, 5) is 41.1. The van der Waals surface area contributed by atoms with Crippen LogP contribution in [0.1, 0.15) is 26.4 Å². The van der Waals surface area contributed by atoms with Crippen molar-refractivity contribution in [2.45, 2.75) is 17.5 Å². The summed E-state index contributed by atoms with van der Waals surface area (Å²) in [5, 5.41) is 5.94. The minimum absolute atomic E-state index is 0.0230. The average Bonchev–Trinajstić information content (AvgIpc) is 3.20. The predicted molar refractivity (Wildman–Crippen MR) is 125 cm³/mol. The van der Waals surface area contributed by atoms with E-state index in [4.69, 9.17) is 23.2 Å². The zero-order valence-corrected chi connectivity index (χ0v) is 20.6. The zero-order valence-electron chi connectivity index (χ0n) is 18.2. The molecule has 2 heterocycles. The van der Waals surface area contributed by atoms with Crippen LogP contribution in [0.15, 0.2) is 41.6 Å². The number of ether oxygens (including phenoxy) is 1. The molecule has 0 atom stereocenters. The van der Waals surface area contributed by atoms with Gasteiger partial charge in [0.2, 0.25) is 0 Å². The minimum Gasteiger partial charge on any atom is -0.452 e. The number of hydrogen-bond donors (Lipinski definition) is 3. The maximum atomic E-state index is 13.2. The molecule has 0 radical (unpaired) electrons. The molecule has 0 unspecified atom stereocenters. The number of methoxy groups -OCH3 is 1. The van der Waals surface area contributed by atoms with Gasteiger partial charge in [-0.15, -0.1) is 0 Å². The Morgan fingerprint density at radius 3 is 2.47 bits per heavy atom. The number of hydrogen-bond acceptors (Lipinski definition) is 7. The minimum atomic E-state index is -4.68. The summed E-state index contributed by atoms with van der Waals surface area (Å²) in [6, 6.07) is 6.48. The van der Waals surface area contributed by atoms with Crippen LogP contribution in [0.3, 0.4) is 0 Å². The van der Waals surface area contributed by atoms with Crippen molar-refractivity contribution in [2.75, 3.05) is 12.4 Å². The number of nitrogens with zero attached hydrogens (tertiary/aromatic N) is 3. The monoisotopic (exact) mass is 562 g/mol. The van der Waals surface area contributed by atoms with Crippen molar-refractivity contribution < 1.29 is 32.3 Å². The summed E-state index contributed by atoms with van der Waals surface area (Å²) < 4.78 is 44.2. The van der Waals surface area contributed by atoms with Crippen LogP contribution in [0.25, 0.3) is 5.82 Å². The molecular weight excluding hydrogens is 548 g/mol. The van der Waals surface area contributed by atoms with Crippen molar-refractivity contribution in [1.82, 2.24) is 25.6 Å². The van der Waals surface area contributed by atoms with Gasteiger partial charge in [0.25, 0.3) is 11.8 Å². The molecule has 1 aromatic carbocycles. The van der Waals surface area contributed by atoms with Gasteiger partial charge in [-0.1, -0.05) is 23.2 Å². The van der Waals surface area contributed by atoms with E-state index in [9.17, 15) is 27.6 Å². The second-order valence-corrected chi connectivity index (χ2v) is 8.74. The molecule has 3 aromatic rings. The Bertz CT molecular complexity index is 1340. The third-order valence-electron chi connectivity index (χ3n) is 4.33. The number of alkyl halides is 3. The molecule has 0 saturated carbocycles. The quantitative estimate of drug-likeness (QED) is 0.302. The normalized spacial score (nSPS) is 11.1. The van der Waals surface area contributed by atoms with Gasteiger partial charge in [-0.2, -0.15) is 18.3 Å². The molecule has 0 bridgehead atoms. The van der Waals surface area contributed by atoms with E-state index in [0.717, 1.165) is 17.9 Å². The lowest BCUT2D eigenvalue weighted by atomic mass is 10.1. The number of rotatable bonds is 5. The molecule has 3 amide bonds. The van der Waals surface area contributed by atoms with Crippen LogP contribution in [0, 0.1) is 6.92 Å². The van der Waals surface area contributed by atoms with Gasteiger partial charge in [-0.3, -0.25) is 15.0 Å². The predicted octanol–water partition coefficient (Wildman–Crippen LogP) is 4.75. The Balaban J connectivity index is 2.02. The average molecular weight is 563 g/mol. The number of anilines is 1. The number of benzene rings is 1. The fourth-order valence-corrected chi connectivity index (χ4v) is 3.88. The Morgan fingerprint density at radius 2 is 1.83 bits per heavy atom. The molecule has 0 saturated heterocycles. The number of carbonyl (C=O) groups excluding carboxylic acids is 3. The van der Waals surface area contributed by atoms with Crippen LogP contribution in [0.4, 0.5) is 23.7 Å². The van der Waals surface area contributed by atoms with Crippen molar-refractivity contribution in [3.8, 4) is 5.82 Å². The van der Waals surface area contributed by atoms with Gasteiger partial charge in [-0.25, -0.2) is 19.9 Å². The number of aromatic nitrogens is 3. The van der Waals surface area contributed by atoms with Crippen LogP contribution in [-0.4, -0.2) is 45.3 Å². The molecule has 16 heteroatoms. The number of amides is 3. The lowest BCUT2D eigenvalue weighted by Crippen LogP contribution is -2.41. The standard InChI is InChI=1S/C20H15Cl2F3N6O4S/c1-9-6-10(21)7-11(17(32)28-29-19(34)35-2)15(9)27-18(33)13-8-14(36-20(23,24)25)30-31(13)16-12(22)4-3-5-26-16/h3-8H,1-2H3,(H,27,33)(H,28,32)(H,29,34). The number of halogens is 5. The van der Waals surface area contributed by atoms with Gasteiger partial charge in [0.15, 0.2) is 5.82 Å². The Morgan fingerprint density at radius 1 is 1.11 bits per heavy atom. The molecule has 3 rings (SSSR count). The van der Waals surface area contributed by atoms with E-state index in [2.05, 4.69) is 25.6 Å². The lowest BCUT2D eigenvalue weighted by molar-refractivity contribution is -0.0329. The van der Waals surface area contributed by atoms with Gasteiger partial charge in [0.1, 0.15) is 10.7 Å². The fraction of sp³-hybridized carbons (Fsp3) is 0.150. The molecule has 0 aliphatic rings. The topological polar surface area (TPSA) is 127 Å².